The number of alkyl halides is 3. The van der Waals surface area contributed by atoms with Crippen molar-refractivity contribution < 1.29 is 37.6 Å². The Labute approximate surface area is 240 Å². The molecule has 10 nitrogen and oxygen atoms in total. The third kappa shape index (κ3) is 4.69. The van der Waals surface area contributed by atoms with Gasteiger partial charge in [0.15, 0.2) is 17.3 Å². The summed E-state index contributed by atoms with van der Waals surface area (Å²) in [4.78, 5) is 18.1. The Kier molecular flexibility index (Phi) is 6.57. The van der Waals surface area contributed by atoms with Crippen molar-refractivity contribution in [1.29, 1.82) is 0 Å². The smallest absolute Gasteiger partial charge is 0.403 e. The lowest BCUT2D eigenvalue weighted by Gasteiger charge is -2.33. The number of thiazole rings is 1. The van der Waals surface area contributed by atoms with Crippen molar-refractivity contribution in [3.63, 3.8) is 0 Å². The lowest BCUT2D eigenvalue weighted by molar-refractivity contribution is -0.275. The van der Waals surface area contributed by atoms with E-state index in [9.17, 15) is 32.9 Å². The molecule has 0 bridgehead atoms. The van der Waals surface area contributed by atoms with Crippen LogP contribution in [-0.4, -0.2) is 59.0 Å². The molecule has 5 unspecified atom stereocenters. The molecular weight excluding hydrogens is 580 g/mol. The van der Waals surface area contributed by atoms with Crippen molar-refractivity contribution in [2.75, 3.05) is 10.6 Å². The van der Waals surface area contributed by atoms with Crippen LogP contribution in [0, 0.1) is 25.6 Å². The standard InChI is InChI=1S/C27H26F4N6O4S/c1-11(14-4-5-17(16(28)10-14)41-27(29,30)31)33-24-34-12(2)19(23-35-20-13(3)32-9-7-18(20)42-23)22(36-24)37-25(39)8-6-15-21(38)26(15,25)40/h4-5,7,9-11,15,21,38-40H,6,8H2,1-3H3,(H2,33,34,36,37). The fraction of sp³-hybridized carbons (Fsp3) is 0.407. The molecule has 0 amide bonds. The minimum atomic E-state index is -5.03. The fourth-order valence-electron chi connectivity index (χ4n) is 5.62. The van der Waals surface area contributed by atoms with Crippen molar-refractivity contribution in [3.05, 3.63) is 53.2 Å². The molecule has 3 heterocycles. The Balaban J connectivity index is 1.37. The minimum Gasteiger partial charge on any atom is -0.403 e. The topological polar surface area (TPSA) is 146 Å². The van der Waals surface area contributed by atoms with E-state index in [1.807, 2.05) is 13.0 Å². The van der Waals surface area contributed by atoms with Crippen molar-refractivity contribution >= 4 is 33.3 Å². The van der Waals surface area contributed by atoms with E-state index in [0.29, 0.717) is 33.8 Å². The van der Waals surface area contributed by atoms with Crippen molar-refractivity contribution in [2.45, 2.75) is 63.4 Å². The van der Waals surface area contributed by atoms with Crippen LogP contribution in [0.5, 0.6) is 5.75 Å². The summed E-state index contributed by atoms with van der Waals surface area (Å²) in [5, 5.41) is 39.3. The number of fused-ring (bicyclic) bond motifs is 2. The molecule has 2 saturated carbocycles. The number of aromatic nitrogens is 4. The second-order valence-electron chi connectivity index (χ2n) is 10.6. The molecule has 1 aromatic carbocycles. The van der Waals surface area contributed by atoms with Gasteiger partial charge in [0.25, 0.3) is 0 Å². The SMILES string of the molecule is Cc1nc(NC(C)c2ccc(OC(F)(F)F)c(F)c2)nc(NC2(O)CCC3C(O)C32O)c1-c1nc2c(C)nccc2s1. The highest BCUT2D eigenvalue weighted by atomic mass is 32.1. The quantitative estimate of drug-likeness (QED) is 0.150. The number of benzene rings is 1. The van der Waals surface area contributed by atoms with Gasteiger partial charge in [-0.3, -0.25) is 4.98 Å². The highest BCUT2D eigenvalue weighted by molar-refractivity contribution is 7.21. The molecule has 15 heteroatoms. The van der Waals surface area contributed by atoms with Crippen LogP contribution in [0.1, 0.15) is 42.8 Å². The second-order valence-corrected chi connectivity index (χ2v) is 11.7. The zero-order valence-electron chi connectivity index (χ0n) is 22.5. The highest BCUT2D eigenvalue weighted by Crippen LogP contribution is 2.61. The van der Waals surface area contributed by atoms with Gasteiger partial charge < -0.3 is 30.7 Å². The number of nitrogens with zero attached hydrogens (tertiary/aromatic N) is 4. The molecule has 3 aromatic heterocycles. The Hall–Kier alpha value is -3.66. The van der Waals surface area contributed by atoms with Gasteiger partial charge in [-0.2, -0.15) is 4.98 Å². The molecule has 0 spiro atoms. The molecule has 0 saturated heterocycles. The van der Waals surface area contributed by atoms with Crippen LogP contribution in [0.2, 0.25) is 0 Å². The van der Waals surface area contributed by atoms with Gasteiger partial charge in [-0.05, 0) is 57.4 Å². The summed E-state index contributed by atoms with van der Waals surface area (Å²) in [6, 6.07) is 4.25. The number of aryl methyl sites for hydroxylation is 2. The first kappa shape index (κ1) is 28.5. The number of hydrogen-bond donors (Lipinski definition) is 5. The predicted molar refractivity (Wildman–Crippen MR) is 145 cm³/mol. The fourth-order valence-corrected chi connectivity index (χ4v) is 6.73. The van der Waals surface area contributed by atoms with Gasteiger partial charge in [-0.1, -0.05) is 6.07 Å². The van der Waals surface area contributed by atoms with Crippen LogP contribution in [-0.2, 0) is 0 Å². The van der Waals surface area contributed by atoms with E-state index in [0.717, 1.165) is 22.5 Å². The molecule has 0 radical (unpaired) electrons. The maximum absolute atomic E-state index is 14.4. The number of hydrogen-bond acceptors (Lipinski definition) is 11. The van der Waals surface area contributed by atoms with Crippen LogP contribution in [0.3, 0.4) is 0 Å². The van der Waals surface area contributed by atoms with Crippen molar-refractivity contribution in [3.8, 4) is 16.3 Å². The van der Waals surface area contributed by atoms with Gasteiger partial charge in [0, 0.05) is 12.1 Å². The number of pyridine rings is 1. The van der Waals surface area contributed by atoms with E-state index >= 15 is 0 Å². The van der Waals surface area contributed by atoms with E-state index in [-0.39, 0.29) is 18.2 Å². The molecule has 222 valence electrons. The first-order valence-electron chi connectivity index (χ1n) is 13.0. The highest BCUT2D eigenvalue weighted by Gasteiger charge is 2.78. The molecule has 5 atom stereocenters. The molecule has 2 aliphatic rings. The summed E-state index contributed by atoms with van der Waals surface area (Å²) in [6.45, 7) is 5.18. The lowest BCUT2D eigenvalue weighted by Crippen LogP contribution is -2.51. The number of nitrogens with one attached hydrogen (secondary N) is 2. The van der Waals surface area contributed by atoms with Crippen molar-refractivity contribution in [2.24, 2.45) is 5.92 Å². The van der Waals surface area contributed by atoms with Crippen molar-refractivity contribution in [1.82, 2.24) is 19.9 Å². The Bertz CT molecular complexity index is 1700. The average Bonchev–Trinajstić information content (AvgIpc) is 3.16. The number of aliphatic hydroxyl groups is 3. The van der Waals surface area contributed by atoms with Crippen LogP contribution in [0.4, 0.5) is 29.3 Å². The Morgan fingerprint density at radius 2 is 1.88 bits per heavy atom. The third-order valence-electron chi connectivity index (χ3n) is 7.91. The van der Waals surface area contributed by atoms with E-state index in [1.54, 1.807) is 20.0 Å². The molecule has 0 aliphatic heterocycles. The average molecular weight is 607 g/mol. The minimum absolute atomic E-state index is 0.0581. The molecular formula is C27H26F4N6O4S. The van der Waals surface area contributed by atoms with E-state index in [1.165, 1.54) is 17.4 Å². The first-order chi connectivity index (χ1) is 19.7. The monoisotopic (exact) mass is 606 g/mol. The molecule has 4 aromatic rings. The molecule has 2 fully saturated rings. The van der Waals surface area contributed by atoms with Crippen LogP contribution < -0.4 is 15.4 Å². The number of halogens is 4. The van der Waals surface area contributed by atoms with Crippen LogP contribution in [0.25, 0.3) is 20.8 Å². The summed E-state index contributed by atoms with van der Waals surface area (Å²) in [6.07, 6.45) is -3.90. The maximum Gasteiger partial charge on any atom is 0.573 e. The number of anilines is 2. The van der Waals surface area contributed by atoms with E-state index in [2.05, 4.69) is 30.3 Å². The normalized spacial score (nSPS) is 25.8. The summed E-state index contributed by atoms with van der Waals surface area (Å²) in [5.74, 6) is -2.43. The summed E-state index contributed by atoms with van der Waals surface area (Å²) in [5.41, 5.74) is -1.02. The van der Waals surface area contributed by atoms with E-state index in [4.69, 9.17) is 4.98 Å². The Morgan fingerprint density at radius 3 is 2.52 bits per heavy atom. The summed E-state index contributed by atoms with van der Waals surface area (Å²) < 4.78 is 56.6. The summed E-state index contributed by atoms with van der Waals surface area (Å²) in [7, 11) is 0. The van der Waals surface area contributed by atoms with Crippen LogP contribution >= 0.6 is 11.3 Å². The van der Waals surface area contributed by atoms with Gasteiger partial charge >= 0.3 is 6.36 Å². The van der Waals surface area contributed by atoms with Crippen LogP contribution in [0.15, 0.2) is 30.5 Å². The van der Waals surface area contributed by atoms with Gasteiger partial charge in [0.2, 0.25) is 5.95 Å². The molecule has 42 heavy (non-hydrogen) atoms. The zero-order chi connectivity index (χ0) is 30.2. The number of aliphatic hydroxyl groups excluding tert-OH is 1. The Morgan fingerprint density at radius 1 is 1.12 bits per heavy atom. The molecule has 5 N–H and O–H groups in total. The van der Waals surface area contributed by atoms with Gasteiger partial charge in [0.1, 0.15) is 21.9 Å². The van der Waals surface area contributed by atoms with Gasteiger partial charge in [-0.15, -0.1) is 24.5 Å². The largest absolute Gasteiger partial charge is 0.573 e. The number of rotatable bonds is 7. The first-order valence-corrected chi connectivity index (χ1v) is 13.9. The van der Waals surface area contributed by atoms with Gasteiger partial charge in [0.05, 0.1) is 33.8 Å². The second kappa shape index (κ2) is 9.69. The molecule has 2 aliphatic carbocycles. The van der Waals surface area contributed by atoms with Gasteiger partial charge in [-0.25, -0.2) is 14.4 Å². The molecule has 6 rings (SSSR count). The van der Waals surface area contributed by atoms with E-state index < -0.39 is 47.3 Å². The summed E-state index contributed by atoms with van der Waals surface area (Å²) >= 11 is 1.37. The zero-order valence-corrected chi connectivity index (χ0v) is 23.3. The third-order valence-corrected chi connectivity index (χ3v) is 8.95. The predicted octanol–water partition coefficient (Wildman–Crippen LogP) is 4.59. The lowest BCUT2D eigenvalue weighted by atomic mass is 10.0. The number of ether oxygens (including phenoxy) is 1. The maximum atomic E-state index is 14.4.